The van der Waals surface area contributed by atoms with Crippen LogP contribution in [-0.2, 0) is 9.59 Å². The Hall–Kier alpha value is -2.44. The summed E-state index contributed by atoms with van der Waals surface area (Å²) in [6.07, 6.45) is 4.84. The molecule has 0 bridgehead atoms. The minimum absolute atomic E-state index is 0.0120. The molecule has 2 heterocycles. The van der Waals surface area contributed by atoms with E-state index in [0.717, 1.165) is 12.8 Å². The first-order valence-electron chi connectivity index (χ1n) is 8.72. The Morgan fingerprint density at radius 1 is 1.12 bits per heavy atom. The number of carbonyl (C=O) groups excluding carboxylic acids is 3. The maximum Gasteiger partial charge on any atom is 0.309 e. The van der Waals surface area contributed by atoms with E-state index < -0.39 is 11.8 Å². The van der Waals surface area contributed by atoms with Gasteiger partial charge in [0.1, 0.15) is 0 Å². The predicted molar refractivity (Wildman–Crippen MR) is 93.7 cm³/mol. The number of nitrogens with one attached hydrogen (secondary N) is 2. The van der Waals surface area contributed by atoms with Gasteiger partial charge in [0.15, 0.2) is 0 Å². The van der Waals surface area contributed by atoms with Crippen molar-refractivity contribution in [1.29, 1.82) is 0 Å². The molecule has 136 valence electrons. The van der Waals surface area contributed by atoms with Gasteiger partial charge in [0, 0.05) is 44.1 Å². The normalized spacial score (nSPS) is 15.1. The van der Waals surface area contributed by atoms with Crippen LogP contribution in [0.1, 0.15) is 37.0 Å². The summed E-state index contributed by atoms with van der Waals surface area (Å²) in [6.45, 7) is 6.20. The highest BCUT2D eigenvalue weighted by Gasteiger charge is 2.24. The van der Waals surface area contributed by atoms with E-state index in [4.69, 9.17) is 0 Å². The van der Waals surface area contributed by atoms with Crippen molar-refractivity contribution in [2.24, 2.45) is 11.8 Å². The summed E-state index contributed by atoms with van der Waals surface area (Å²) in [4.78, 5) is 41.5. The van der Waals surface area contributed by atoms with Crippen LogP contribution >= 0.6 is 0 Å². The van der Waals surface area contributed by atoms with Gasteiger partial charge in [-0.1, -0.05) is 13.8 Å². The number of amides is 3. The molecule has 0 atom stereocenters. The number of pyridine rings is 1. The molecule has 0 unspecified atom stereocenters. The zero-order chi connectivity index (χ0) is 18.2. The van der Waals surface area contributed by atoms with Gasteiger partial charge in [-0.05, 0) is 36.8 Å². The van der Waals surface area contributed by atoms with Crippen molar-refractivity contribution < 1.29 is 14.4 Å². The minimum atomic E-state index is -0.587. The summed E-state index contributed by atoms with van der Waals surface area (Å²) in [6, 6.07) is 3.43. The molecule has 0 spiro atoms. The molecule has 0 aromatic carbocycles. The number of hydrogen-bond donors (Lipinski definition) is 2. The maximum atomic E-state index is 12.4. The lowest BCUT2D eigenvalue weighted by atomic mass is 9.96. The number of aromatic nitrogens is 1. The summed E-state index contributed by atoms with van der Waals surface area (Å²) in [7, 11) is 0. The molecule has 7 nitrogen and oxygen atoms in total. The fourth-order valence-corrected chi connectivity index (χ4v) is 2.71. The Kier molecular flexibility index (Phi) is 6.91. The third-order valence-corrected chi connectivity index (χ3v) is 4.26. The fourth-order valence-electron chi connectivity index (χ4n) is 2.71. The molecule has 1 aromatic rings. The predicted octanol–water partition coefficient (Wildman–Crippen LogP) is 0.822. The van der Waals surface area contributed by atoms with Gasteiger partial charge in [-0.2, -0.15) is 0 Å². The minimum Gasteiger partial charge on any atom is -0.348 e. The van der Waals surface area contributed by atoms with Gasteiger partial charge in [0.05, 0.1) is 0 Å². The van der Waals surface area contributed by atoms with Crippen LogP contribution in [0.3, 0.4) is 0 Å². The topological polar surface area (TPSA) is 91.4 Å². The highest BCUT2D eigenvalue weighted by molar-refractivity contribution is 6.35. The van der Waals surface area contributed by atoms with Crippen molar-refractivity contribution in [2.75, 3.05) is 26.2 Å². The molecule has 2 rings (SSSR count). The first-order valence-corrected chi connectivity index (χ1v) is 8.72. The molecule has 3 amide bonds. The zero-order valence-corrected chi connectivity index (χ0v) is 14.8. The Balaban J connectivity index is 1.71. The molecular weight excluding hydrogens is 320 g/mol. The van der Waals surface area contributed by atoms with Crippen molar-refractivity contribution in [3.63, 3.8) is 0 Å². The van der Waals surface area contributed by atoms with Crippen LogP contribution in [0.2, 0.25) is 0 Å². The van der Waals surface area contributed by atoms with Crippen LogP contribution in [0.4, 0.5) is 0 Å². The SMILES string of the molecule is CC(C)CNC(=O)C(=O)NCC1CCN(C(=O)c2ccncc2)CC1. The number of piperidine rings is 1. The zero-order valence-electron chi connectivity index (χ0n) is 14.8. The summed E-state index contributed by atoms with van der Waals surface area (Å²) in [5.41, 5.74) is 0.642. The highest BCUT2D eigenvalue weighted by Crippen LogP contribution is 2.18. The maximum absolute atomic E-state index is 12.4. The molecule has 7 heteroatoms. The van der Waals surface area contributed by atoms with Gasteiger partial charge >= 0.3 is 11.8 Å². The number of hydrogen-bond acceptors (Lipinski definition) is 4. The van der Waals surface area contributed by atoms with Gasteiger partial charge < -0.3 is 15.5 Å². The van der Waals surface area contributed by atoms with Crippen LogP contribution in [0.5, 0.6) is 0 Å². The molecular formula is C18H26N4O3. The fraction of sp³-hybridized carbons (Fsp3) is 0.556. The summed E-state index contributed by atoms with van der Waals surface area (Å²) >= 11 is 0. The Bertz CT molecular complexity index is 596. The third kappa shape index (κ3) is 5.85. The number of rotatable bonds is 5. The van der Waals surface area contributed by atoms with E-state index in [0.29, 0.717) is 37.7 Å². The summed E-state index contributed by atoms with van der Waals surface area (Å²) < 4.78 is 0. The lowest BCUT2D eigenvalue weighted by Crippen LogP contribution is -2.45. The summed E-state index contributed by atoms with van der Waals surface area (Å²) in [5, 5.41) is 5.29. The van der Waals surface area contributed by atoms with Crippen molar-refractivity contribution >= 4 is 17.7 Å². The Morgan fingerprint density at radius 3 is 2.32 bits per heavy atom. The van der Waals surface area contributed by atoms with Crippen LogP contribution in [0.25, 0.3) is 0 Å². The Labute approximate surface area is 148 Å². The lowest BCUT2D eigenvalue weighted by molar-refractivity contribution is -0.139. The molecule has 1 aliphatic heterocycles. The van der Waals surface area contributed by atoms with Gasteiger partial charge in [0.2, 0.25) is 0 Å². The first kappa shape index (κ1) is 18.9. The van der Waals surface area contributed by atoms with E-state index in [9.17, 15) is 14.4 Å². The average molecular weight is 346 g/mol. The van der Waals surface area contributed by atoms with Gasteiger partial charge in [-0.15, -0.1) is 0 Å². The molecule has 2 N–H and O–H groups in total. The first-order chi connectivity index (χ1) is 12.0. The van der Waals surface area contributed by atoms with Crippen molar-refractivity contribution in [3.05, 3.63) is 30.1 Å². The lowest BCUT2D eigenvalue weighted by Gasteiger charge is -2.32. The monoisotopic (exact) mass is 346 g/mol. The molecule has 1 fully saturated rings. The van der Waals surface area contributed by atoms with E-state index >= 15 is 0 Å². The molecule has 1 saturated heterocycles. The van der Waals surface area contributed by atoms with Crippen molar-refractivity contribution in [1.82, 2.24) is 20.5 Å². The molecule has 25 heavy (non-hydrogen) atoms. The summed E-state index contributed by atoms with van der Waals surface area (Å²) in [5.74, 6) is -0.574. The number of carbonyl (C=O) groups is 3. The van der Waals surface area contributed by atoms with Crippen LogP contribution in [0, 0.1) is 11.8 Å². The van der Waals surface area contributed by atoms with E-state index in [1.54, 1.807) is 24.5 Å². The molecule has 0 radical (unpaired) electrons. The average Bonchev–Trinajstić information content (AvgIpc) is 2.64. The van der Waals surface area contributed by atoms with Gasteiger partial charge in [-0.25, -0.2) is 0 Å². The molecule has 0 saturated carbocycles. The Morgan fingerprint density at radius 2 is 1.72 bits per heavy atom. The van der Waals surface area contributed by atoms with Crippen LogP contribution < -0.4 is 10.6 Å². The highest BCUT2D eigenvalue weighted by atomic mass is 16.2. The van der Waals surface area contributed by atoms with Gasteiger partial charge in [0.25, 0.3) is 5.91 Å². The van der Waals surface area contributed by atoms with E-state index in [2.05, 4.69) is 15.6 Å². The number of nitrogens with zero attached hydrogens (tertiary/aromatic N) is 2. The van der Waals surface area contributed by atoms with E-state index in [-0.39, 0.29) is 11.8 Å². The van der Waals surface area contributed by atoms with Crippen LogP contribution in [-0.4, -0.2) is 53.8 Å². The molecule has 1 aliphatic rings. The molecule has 1 aromatic heterocycles. The standard InChI is InChI=1S/C18H26N4O3/c1-13(2)11-20-16(23)17(24)21-12-14-5-9-22(10-6-14)18(25)15-3-7-19-8-4-15/h3-4,7-8,13-14H,5-6,9-12H2,1-2H3,(H,20,23)(H,21,24). The third-order valence-electron chi connectivity index (χ3n) is 4.26. The van der Waals surface area contributed by atoms with Crippen molar-refractivity contribution in [2.45, 2.75) is 26.7 Å². The van der Waals surface area contributed by atoms with E-state index in [1.807, 2.05) is 18.7 Å². The largest absolute Gasteiger partial charge is 0.348 e. The second-order valence-corrected chi connectivity index (χ2v) is 6.79. The number of likely N-dealkylation sites (tertiary alicyclic amines) is 1. The molecule has 0 aliphatic carbocycles. The second-order valence-electron chi connectivity index (χ2n) is 6.79. The van der Waals surface area contributed by atoms with Crippen molar-refractivity contribution in [3.8, 4) is 0 Å². The van der Waals surface area contributed by atoms with Crippen LogP contribution in [0.15, 0.2) is 24.5 Å². The van der Waals surface area contributed by atoms with E-state index in [1.165, 1.54) is 0 Å². The quantitative estimate of drug-likeness (QED) is 0.772. The van der Waals surface area contributed by atoms with Gasteiger partial charge in [-0.3, -0.25) is 19.4 Å². The smallest absolute Gasteiger partial charge is 0.309 e. The second kappa shape index (κ2) is 9.15.